The van der Waals surface area contributed by atoms with E-state index < -0.39 is 0 Å². The molecule has 0 aliphatic heterocycles. The molecule has 0 saturated carbocycles. The third-order valence-electron chi connectivity index (χ3n) is 4.56. The number of aryl methyl sites for hydroxylation is 2. The Labute approximate surface area is 159 Å². The van der Waals surface area contributed by atoms with Crippen molar-refractivity contribution in [2.24, 2.45) is 0 Å². The number of carbonyl (C=O) groups excluding carboxylic acids is 1. The van der Waals surface area contributed by atoms with Crippen LogP contribution in [-0.4, -0.2) is 43.0 Å². The molecule has 4 nitrogen and oxygen atoms in total. The number of anilines is 1. The summed E-state index contributed by atoms with van der Waals surface area (Å²) in [6.07, 6.45) is 0.902. The highest BCUT2D eigenvalue weighted by Crippen LogP contribution is 2.32. The minimum atomic E-state index is 0.0118. The summed E-state index contributed by atoms with van der Waals surface area (Å²) in [5.41, 5.74) is 4.11. The molecule has 136 valence electrons. The molecule has 1 heterocycles. The van der Waals surface area contributed by atoms with Crippen molar-refractivity contribution in [3.63, 3.8) is 0 Å². The highest BCUT2D eigenvalue weighted by molar-refractivity contribution is 7.22. The summed E-state index contributed by atoms with van der Waals surface area (Å²) >= 11 is 1.59. The summed E-state index contributed by atoms with van der Waals surface area (Å²) in [4.78, 5) is 21.9. The fourth-order valence-electron chi connectivity index (χ4n) is 2.90. The first-order valence-corrected chi connectivity index (χ1v) is 9.67. The van der Waals surface area contributed by atoms with E-state index >= 15 is 0 Å². The molecule has 0 radical (unpaired) electrons. The lowest BCUT2D eigenvalue weighted by molar-refractivity contribution is 0.0986. The van der Waals surface area contributed by atoms with Gasteiger partial charge >= 0.3 is 0 Å². The standard InChI is InChI=1S/C21H25N3OS/c1-15-11-12-18-19(16(15)2)22-21(26-18)24(14-8-13-23(3)4)20(25)17-9-6-5-7-10-17/h5-7,9-12H,8,13-14H2,1-4H3. The number of carbonyl (C=O) groups is 1. The van der Waals surface area contributed by atoms with Crippen molar-refractivity contribution >= 4 is 32.6 Å². The molecular weight excluding hydrogens is 342 g/mol. The number of hydrogen-bond acceptors (Lipinski definition) is 4. The Balaban J connectivity index is 1.97. The van der Waals surface area contributed by atoms with Crippen LogP contribution in [-0.2, 0) is 0 Å². The van der Waals surface area contributed by atoms with Crippen LogP contribution in [0.5, 0.6) is 0 Å². The van der Waals surface area contributed by atoms with Gasteiger partial charge in [0.15, 0.2) is 5.13 Å². The monoisotopic (exact) mass is 367 g/mol. The molecule has 26 heavy (non-hydrogen) atoms. The van der Waals surface area contributed by atoms with Crippen molar-refractivity contribution in [1.82, 2.24) is 9.88 Å². The quantitative estimate of drug-likeness (QED) is 0.643. The van der Waals surface area contributed by atoms with Crippen LogP contribution in [0.3, 0.4) is 0 Å². The van der Waals surface area contributed by atoms with Crippen LogP contribution < -0.4 is 4.90 Å². The zero-order valence-corrected chi connectivity index (χ0v) is 16.6. The van der Waals surface area contributed by atoms with Crippen LogP contribution in [0.4, 0.5) is 5.13 Å². The maximum absolute atomic E-state index is 13.1. The summed E-state index contributed by atoms with van der Waals surface area (Å²) in [5.74, 6) is 0.0118. The van der Waals surface area contributed by atoms with E-state index in [1.165, 1.54) is 11.1 Å². The van der Waals surface area contributed by atoms with Crippen LogP contribution >= 0.6 is 11.3 Å². The van der Waals surface area contributed by atoms with Gasteiger partial charge in [-0.2, -0.15) is 0 Å². The van der Waals surface area contributed by atoms with Crippen LogP contribution in [0.15, 0.2) is 42.5 Å². The van der Waals surface area contributed by atoms with E-state index in [0.717, 1.165) is 28.3 Å². The SMILES string of the molecule is Cc1ccc2sc(N(CCCN(C)C)C(=O)c3ccccc3)nc2c1C. The molecule has 0 N–H and O–H groups in total. The van der Waals surface area contributed by atoms with Gasteiger partial charge in [-0.25, -0.2) is 4.98 Å². The van der Waals surface area contributed by atoms with Crippen molar-refractivity contribution in [1.29, 1.82) is 0 Å². The zero-order valence-electron chi connectivity index (χ0n) is 15.8. The highest BCUT2D eigenvalue weighted by Gasteiger charge is 2.21. The molecule has 0 saturated heterocycles. The predicted molar refractivity (Wildman–Crippen MR) is 110 cm³/mol. The second kappa shape index (κ2) is 7.98. The number of hydrogen-bond donors (Lipinski definition) is 0. The molecular formula is C21H25N3OS. The number of nitrogens with zero attached hydrogens (tertiary/aromatic N) is 3. The smallest absolute Gasteiger partial charge is 0.260 e. The van der Waals surface area contributed by atoms with Crippen molar-refractivity contribution in [3.05, 3.63) is 59.2 Å². The molecule has 1 amide bonds. The van der Waals surface area contributed by atoms with Crippen LogP contribution in [0, 0.1) is 13.8 Å². The molecule has 3 aromatic rings. The molecule has 3 rings (SSSR count). The van der Waals surface area contributed by atoms with E-state index in [-0.39, 0.29) is 5.91 Å². The lowest BCUT2D eigenvalue weighted by atomic mass is 10.1. The van der Waals surface area contributed by atoms with E-state index in [2.05, 4.69) is 30.9 Å². The van der Waals surface area contributed by atoms with Gasteiger partial charge in [0.05, 0.1) is 10.2 Å². The first kappa shape index (κ1) is 18.5. The normalized spacial score (nSPS) is 11.3. The van der Waals surface area contributed by atoms with Gasteiger partial charge < -0.3 is 4.90 Å². The Morgan fingerprint density at radius 2 is 1.77 bits per heavy atom. The second-order valence-corrected chi connectivity index (χ2v) is 7.84. The van der Waals surface area contributed by atoms with Crippen molar-refractivity contribution in [2.75, 3.05) is 32.1 Å². The molecule has 0 bridgehead atoms. The lowest BCUT2D eigenvalue weighted by Gasteiger charge is -2.21. The van der Waals surface area contributed by atoms with Crippen molar-refractivity contribution in [2.45, 2.75) is 20.3 Å². The maximum Gasteiger partial charge on any atom is 0.260 e. The van der Waals surface area contributed by atoms with Gasteiger partial charge in [-0.05, 0) is 70.2 Å². The number of aromatic nitrogens is 1. The maximum atomic E-state index is 13.1. The molecule has 0 aliphatic rings. The average molecular weight is 368 g/mol. The molecule has 0 atom stereocenters. The van der Waals surface area contributed by atoms with Gasteiger partial charge in [0.2, 0.25) is 0 Å². The van der Waals surface area contributed by atoms with Crippen LogP contribution in [0.25, 0.3) is 10.2 Å². The van der Waals surface area contributed by atoms with Crippen molar-refractivity contribution in [3.8, 4) is 0 Å². The number of amides is 1. The Morgan fingerprint density at radius 1 is 1.04 bits per heavy atom. The first-order chi connectivity index (χ1) is 12.5. The third-order valence-corrected chi connectivity index (χ3v) is 5.60. The summed E-state index contributed by atoms with van der Waals surface area (Å²) in [5, 5.41) is 0.779. The topological polar surface area (TPSA) is 36.4 Å². The third kappa shape index (κ3) is 3.94. The Bertz CT molecular complexity index is 902. The molecule has 0 spiro atoms. The molecule has 5 heteroatoms. The Hall–Kier alpha value is -2.24. The summed E-state index contributed by atoms with van der Waals surface area (Å²) < 4.78 is 1.13. The summed E-state index contributed by atoms with van der Waals surface area (Å²) in [6, 6.07) is 13.7. The molecule has 0 aliphatic carbocycles. The van der Waals surface area contributed by atoms with Gasteiger partial charge in [0.25, 0.3) is 5.91 Å². The Morgan fingerprint density at radius 3 is 2.46 bits per heavy atom. The fourth-order valence-corrected chi connectivity index (χ4v) is 3.94. The van der Waals surface area contributed by atoms with Gasteiger partial charge in [-0.3, -0.25) is 9.69 Å². The zero-order chi connectivity index (χ0) is 18.7. The second-order valence-electron chi connectivity index (χ2n) is 6.83. The van der Waals surface area contributed by atoms with E-state index in [1.54, 1.807) is 11.3 Å². The van der Waals surface area contributed by atoms with E-state index in [0.29, 0.717) is 12.1 Å². The van der Waals surface area contributed by atoms with Crippen molar-refractivity contribution < 1.29 is 4.79 Å². The van der Waals surface area contributed by atoms with E-state index in [4.69, 9.17) is 4.98 Å². The van der Waals surface area contributed by atoms with Crippen LogP contribution in [0.1, 0.15) is 27.9 Å². The number of fused-ring (bicyclic) bond motifs is 1. The highest BCUT2D eigenvalue weighted by atomic mass is 32.1. The largest absolute Gasteiger partial charge is 0.309 e. The van der Waals surface area contributed by atoms with Gasteiger partial charge in [0, 0.05) is 12.1 Å². The fraction of sp³-hybridized carbons (Fsp3) is 0.333. The van der Waals surface area contributed by atoms with E-state index in [9.17, 15) is 4.79 Å². The lowest BCUT2D eigenvalue weighted by Crippen LogP contribution is -2.33. The molecule has 2 aromatic carbocycles. The summed E-state index contributed by atoms with van der Waals surface area (Å²) in [6.45, 7) is 5.78. The average Bonchev–Trinajstić information content (AvgIpc) is 3.06. The molecule has 0 unspecified atom stereocenters. The summed E-state index contributed by atoms with van der Waals surface area (Å²) in [7, 11) is 4.10. The van der Waals surface area contributed by atoms with Gasteiger partial charge in [-0.1, -0.05) is 35.6 Å². The van der Waals surface area contributed by atoms with E-state index in [1.807, 2.05) is 49.3 Å². The molecule has 0 fully saturated rings. The van der Waals surface area contributed by atoms with Gasteiger partial charge in [-0.15, -0.1) is 0 Å². The minimum Gasteiger partial charge on any atom is -0.309 e. The number of benzene rings is 2. The first-order valence-electron chi connectivity index (χ1n) is 8.86. The number of thiazole rings is 1. The predicted octanol–water partition coefficient (Wildman–Crippen LogP) is 4.51. The van der Waals surface area contributed by atoms with Gasteiger partial charge in [0.1, 0.15) is 0 Å². The minimum absolute atomic E-state index is 0.0118. The van der Waals surface area contributed by atoms with Crippen LogP contribution in [0.2, 0.25) is 0 Å². The Kier molecular flexibility index (Phi) is 5.69. The molecule has 1 aromatic heterocycles. The number of rotatable bonds is 6.